The van der Waals surface area contributed by atoms with Gasteiger partial charge in [0.15, 0.2) is 17.2 Å². The largest absolute Gasteiger partial charge is 0.399 e. The Morgan fingerprint density at radius 3 is 2.11 bits per heavy atom. The molecule has 6 N–H and O–H groups in total. The molecule has 0 saturated carbocycles. The Labute approximate surface area is 207 Å². The van der Waals surface area contributed by atoms with E-state index < -0.39 is 23.3 Å². The van der Waals surface area contributed by atoms with E-state index in [-0.39, 0.29) is 5.91 Å². The molecule has 4 rings (SSSR count). The molecule has 2 heterocycles. The first-order valence-corrected chi connectivity index (χ1v) is 12.1. The first kappa shape index (κ1) is 27.6. The zero-order valence-electron chi connectivity index (χ0n) is 20.1. The lowest BCUT2D eigenvalue weighted by molar-refractivity contribution is 0.0157. The van der Waals surface area contributed by atoms with Crippen LogP contribution in [-0.2, 0) is 11.0 Å². The molecule has 186 valence electrons. The quantitative estimate of drug-likeness (QED) is 0.403. The number of rotatable bonds is 4. The van der Waals surface area contributed by atoms with Gasteiger partial charge >= 0.3 is 0 Å². The van der Waals surface area contributed by atoms with Gasteiger partial charge in [0.1, 0.15) is 0 Å². The highest BCUT2D eigenvalue weighted by atomic mass is 32.2. The summed E-state index contributed by atoms with van der Waals surface area (Å²) >= 11 is 0. The van der Waals surface area contributed by atoms with E-state index in [1.165, 1.54) is 0 Å². The molecule has 2 aromatic carbocycles. The highest BCUT2D eigenvalue weighted by Gasteiger charge is 2.35. The van der Waals surface area contributed by atoms with Crippen LogP contribution in [0.15, 0.2) is 77.0 Å². The molecule has 1 aliphatic rings. The number of carbonyl (C=O) groups is 1. The first-order valence-electron chi connectivity index (χ1n) is 11.0. The number of aryl methyl sites for hydroxylation is 1. The maximum atomic E-state index is 12.1. The first-order chi connectivity index (χ1) is 16.8. The number of hydrazone groups is 1. The summed E-state index contributed by atoms with van der Waals surface area (Å²) in [7, 11) is -1.37. The molecule has 0 spiro atoms. The molecular weight excluding hydrogens is 466 g/mol. The lowest BCUT2D eigenvalue weighted by Crippen LogP contribution is -2.44. The molecule has 3 aromatic rings. The lowest BCUT2D eigenvalue weighted by atomic mass is 10.1. The van der Waals surface area contributed by atoms with Crippen LogP contribution in [0.4, 0.5) is 11.6 Å². The van der Waals surface area contributed by atoms with E-state index in [2.05, 4.69) is 19.8 Å². The number of carbonyl (C=O) groups excluding carboxylic acids is 1. The predicted molar refractivity (Wildman–Crippen MR) is 139 cm³/mol. The molecule has 35 heavy (non-hydrogen) atoms. The van der Waals surface area contributed by atoms with Gasteiger partial charge in [0.25, 0.3) is 5.91 Å². The van der Waals surface area contributed by atoms with Crippen LogP contribution in [0.3, 0.4) is 0 Å². The third-order valence-corrected chi connectivity index (χ3v) is 5.74. The van der Waals surface area contributed by atoms with E-state index in [0.717, 1.165) is 10.6 Å². The second-order valence-electron chi connectivity index (χ2n) is 7.21. The summed E-state index contributed by atoms with van der Waals surface area (Å²) in [5.74, 6) is -0.0116. The summed E-state index contributed by atoms with van der Waals surface area (Å²) in [6.07, 6.45) is 2.08. The average Bonchev–Trinajstić information content (AvgIpc) is 3.14. The molecule has 10 nitrogen and oxygen atoms in total. The molecule has 0 bridgehead atoms. The number of aromatic nitrogens is 2. The van der Waals surface area contributed by atoms with Gasteiger partial charge < -0.3 is 16.6 Å². The summed E-state index contributed by atoms with van der Waals surface area (Å²) in [4.78, 5) is 20.5. The molecule has 3 atom stereocenters. The number of aliphatic hydroxyl groups is 1. The van der Waals surface area contributed by atoms with Crippen molar-refractivity contribution in [3.8, 4) is 0 Å². The Bertz CT molecular complexity index is 1140. The second-order valence-corrected chi connectivity index (χ2v) is 8.42. The van der Waals surface area contributed by atoms with E-state index in [9.17, 15) is 14.1 Å². The van der Waals surface area contributed by atoms with Crippen LogP contribution in [0.1, 0.15) is 36.7 Å². The number of hydrogen-bond acceptors (Lipinski definition) is 8. The molecule has 0 saturated heterocycles. The highest BCUT2D eigenvalue weighted by molar-refractivity contribution is 7.86. The summed E-state index contributed by atoms with van der Waals surface area (Å²) in [6, 6.07) is 15.0. The number of amides is 1. The van der Waals surface area contributed by atoms with Gasteiger partial charge in [-0.2, -0.15) is 10.1 Å². The summed E-state index contributed by atoms with van der Waals surface area (Å²) in [6.45, 7) is 7.63. The summed E-state index contributed by atoms with van der Waals surface area (Å²) in [5.41, 5.74) is 14.0. The molecule has 3 unspecified atom stereocenters. The molecule has 1 amide bonds. The molecule has 1 aromatic heterocycles. The fourth-order valence-corrected chi connectivity index (χ4v) is 3.51. The van der Waals surface area contributed by atoms with Gasteiger partial charge in [0, 0.05) is 23.6 Å². The van der Waals surface area contributed by atoms with Gasteiger partial charge in [0.05, 0.1) is 16.6 Å². The molecule has 0 radical (unpaired) electrons. The van der Waals surface area contributed by atoms with Crippen LogP contribution in [0.5, 0.6) is 0 Å². The fraction of sp³-hybridized carbons (Fsp3) is 0.250. The normalized spacial score (nSPS) is 17.2. The Kier molecular flexibility index (Phi) is 10.5. The van der Waals surface area contributed by atoms with Crippen molar-refractivity contribution in [2.75, 3.05) is 10.5 Å². The minimum absolute atomic E-state index is 0.331. The van der Waals surface area contributed by atoms with Gasteiger partial charge in [-0.3, -0.25) is 9.52 Å². The van der Waals surface area contributed by atoms with E-state index in [1.807, 2.05) is 32.9 Å². The van der Waals surface area contributed by atoms with Gasteiger partial charge in [-0.15, -0.1) is 0 Å². The molecule has 11 heteroatoms. The van der Waals surface area contributed by atoms with Crippen molar-refractivity contribution in [3.63, 3.8) is 0 Å². The van der Waals surface area contributed by atoms with E-state index >= 15 is 0 Å². The van der Waals surface area contributed by atoms with Crippen LogP contribution >= 0.6 is 0 Å². The van der Waals surface area contributed by atoms with E-state index in [0.29, 0.717) is 27.8 Å². The van der Waals surface area contributed by atoms with Crippen LogP contribution < -0.4 is 16.2 Å². The number of nitrogens with one attached hydrogen (secondary N) is 1. The maximum absolute atomic E-state index is 12.1. The van der Waals surface area contributed by atoms with Crippen molar-refractivity contribution in [1.29, 1.82) is 0 Å². The minimum atomic E-state index is -1.37. The predicted octanol–water partition coefficient (Wildman–Crippen LogP) is 2.69. The number of nitrogen functional groups attached to an aromatic ring is 1. The fourth-order valence-electron chi connectivity index (χ4n) is 2.74. The lowest BCUT2D eigenvalue weighted by Gasteiger charge is -2.19. The molecule has 0 aliphatic carbocycles. The van der Waals surface area contributed by atoms with Crippen molar-refractivity contribution in [2.45, 2.75) is 44.9 Å². The van der Waals surface area contributed by atoms with Gasteiger partial charge in [-0.05, 0) is 56.3 Å². The number of nitrogens with zero attached hydrogens (tertiary/aromatic N) is 4. The summed E-state index contributed by atoms with van der Waals surface area (Å²) < 4.78 is 14.5. The van der Waals surface area contributed by atoms with Crippen molar-refractivity contribution in [2.24, 2.45) is 10.8 Å². The third-order valence-electron chi connectivity index (χ3n) is 4.67. The standard InChI is InChI=1S/C12H15N3O2.C10H10N4OS.C2H6/c1-7-3-5-9(6-4-7)11(16)15-12(17)10(13)8(2)14-15;11-8-2-4-9(5-3-8)16(15)14-10-12-6-1-7-13-10;1-2/h3-6,10,12,17H,13H2,1-2H3;1-7H,11H2,(H,12,13,14);1-2H3. The van der Waals surface area contributed by atoms with E-state index in [1.54, 1.807) is 61.8 Å². The average molecular weight is 498 g/mol. The van der Waals surface area contributed by atoms with Crippen LogP contribution in [-0.4, -0.2) is 48.2 Å². The SMILES string of the molecule is CC.CC1=NN(C(=O)c2ccc(C)cc2)C(O)C1N.Nc1ccc(S(=O)Nc2ncccn2)cc1. The monoisotopic (exact) mass is 497 g/mol. The molecular formula is C24H31N7O3S. The van der Waals surface area contributed by atoms with Crippen LogP contribution in [0.2, 0.25) is 0 Å². The van der Waals surface area contributed by atoms with Crippen molar-refractivity contribution in [1.82, 2.24) is 15.0 Å². The zero-order chi connectivity index (χ0) is 26.0. The van der Waals surface area contributed by atoms with Crippen LogP contribution in [0, 0.1) is 6.92 Å². The smallest absolute Gasteiger partial charge is 0.276 e. The number of hydrogen-bond donors (Lipinski definition) is 4. The number of nitrogens with two attached hydrogens (primary N) is 2. The topological polar surface area (TPSA) is 160 Å². The van der Waals surface area contributed by atoms with Crippen molar-refractivity contribution >= 4 is 34.2 Å². The Balaban J connectivity index is 0.000000231. The third kappa shape index (κ3) is 7.67. The Morgan fingerprint density at radius 1 is 1.03 bits per heavy atom. The van der Waals surface area contributed by atoms with E-state index in [4.69, 9.17) is 11.5 Å². The summed E-state index contributed by atoms with van der Waals surface area (Å²) in [5, 5.41) is 14.8. The van der Waals surface area contributed by atoms with Crippen molar-refractivity contribution in [3.05, 3.63) is 78.1 Å². The number of benzene rings is 2. The maximum Gasteiger partial charge on any atom is 0.276 e. The minimum Gasteiger partial charge on any atom is -0.399 e. The molecule has 0 fully saturated rings. The second kappa shape index (κ2) is 13.3. The van der Waals surface area contributed by atoms with Gasteiger partial charge in [-0.1, -0.05) is 31.5 Å². The Morgan fingerprint density at radius 2 is 1.60 bits per heavy atom. The van der Waals surface area contributed by atoms with Crippen molar-refractivity contribution < 1.29 is 14.1 Å². The van der Waals surface area contributed by atoms with Crippen LogP contribution in [0.25, 0.3) is 0 Å². The van der Waals surface area contributed by atoms with Gasteiger partial charge in [-0.25, -0.2) is 14.2 Å². The highest BCUT2D eigenvalue weighted by Crippen LogP contribution is 2.17. The zero-order valence-corrected chi connectivity index (χ0v) is 20.9. The number of aliphatic hydroxyl groups excluding tert-OH is 1. The number of anilines is 2. The Hall–Kier alpha value is -3.67. The molecule has 1 aliphatic heterocycles. The van der Waals surface area contributed by atoms with Gasteiger partial charge in [0.2, 0.25) is 5.95 Å².